The first-order valence-electron chi connectivity index (χ1n) is 9.79. The highest BCUT2D eigenvalue weighted by molar-refractivity contribution is 6.00. The van der Waals surface area contributed by atoms with E-state index in [0.717, 1.165) is 16.5 Å². The normalized spacial score (nSPS) is 11.2. The van der Waals surface area contributed by atoms with Crippen LogP contribution in [0.1, 0.15) is 28.8 Å². The average Bonchev–Trinajstić information content (AvgIpc) is 3.10. The number of benzene rings is 2. The third kappa shape index (κ3) is 3.86. The van der Waals surface area contributed by atoms with Gasteiger partial charge in [0.25, 0.3) is 0 Å². The van der Waals surface area contributed by atoms with Crippen molar-refractivity contribution < 1.29 is 13.9 Å². The Bertz CT molecular complexity index is 1200. The molecule has 2 heterocycles. The number of hydrogen-bond donors (Lipinski definition) is 0. The van der Waals surface area contributed by atoms with E-state index in [0.29, 0.717) is 42.1 Å². The lowest BCUT2D eigenvalue weighted by atomic mass is 10.0. The number of rotatable bonds is 7. The quantitative estimate of drug-likeness (QED) is 0.317. The molecule has 2 aromatic carbocycles. The molecule has 0 aliphatic heterocycles. The smallest absolute Gasteiger partial charge is 0.234 e. The van der Waals surface area contributed by atoms with Gasteiger partial charge in [-0.05, 0) is 31.0 Å². The summed E-state index contributed by atoms with van der Waals surface area (Å²) in [7, 11) is 1.63. The van der Waals surface area contributed by atoms with Gasteiger partial charge in [-0.2, -0.15) is 0 Å². The summed E-state index contributed by atoms with van der Waals surface area (Å²) in [6, 6.07) is 12.2. The first-order chi connectivity index (χ1) is 14.6. The van der Waals surface area contributed by atoms with Crippen molar-refractivity contribution in [3.8, 4) is 17.1 Å². The van der Waals surface area contributed by atoms with Gasteiger partial charge in [-0.3, -0.25) is 9.36 Å². The summed E-state index contributed by atoms with van der Waals surface area (Å²) in [5.41, 5.74) is 3.65. The van der Waals surface area contributed by atoms with Gasteiger partial charge in [0, 0.05) is 60.8 Å². The minimum absolute atomic E-state index is 0.0789. The highest BCUT2D eigenvalue weighted by Gasteiger charge is 2.14. The molecule has 0 unspecified atom stereocenters. The number of carbonyl (C=O) groups excluding carboxylic acids is 1. The summed E-state index contributed by atoms with van der Waals surface area (Å²) in [6.07, 6.45) is 6.30. The maximum absolute atomic E-state index is 14.0. The molecule has 0 spiro atoms. The molecule has 4 aromatic rings. The van der Waals surface area contributed by atoms with Gasteiger partial charge in [-0.25, -0.2) is 14.4 Å². The summed E-state index contributed by atoms with van der Waals surface area (Å²) in [4.78, 5) is 21.4. The molecule has 0 atom stereocenters. The minimum atomic E-state index is -0.312. The molecule has 152 valence electrons. The molecule has 0 N–H and O–H groups in total. The van der Waals surface area contributed by atoms with E-state index in [4.69, 9.17) is 4.74 Å². The first kappa shape index (κ1) is 19.9. The van der Waals surface area contributed by atoms with Crippen LogP contribution in [0.4, 0.5) is 4.39 Å². The predicted molar refractivity (Wildman–Crippen MR) is 114 cm³/mol. The molecule has 5 nitrogen and oxygen atoms in total. The summed E-state index contributed by atoms with van der Waals surface area (Å²) < 4.78 is 20.9. The Balaban J connectivity index is 1.69. The van der Waals surface area contributed by atoms with E-state index >= 15 is 0 Å². The molecule has 4 rings (SSSR count). The van der Waals surface area contributed by atoms with Crippen LogP contribution in [0.15, 0.2) is 61.1 Å². The Morgan fingerprint density at radius 2 is 1.90 bits per heavy atom. The van der Waals surface area contributed by atoms with Gasteiger partial charge in [0.2, 0.25) is 5.95 Å². The van der Waals surface area contributed by atoms with Gasteiger partial charge in [-0.15, -0.1) is 0 Å². The van der Waals surface area contributed by atoms with Crippen molar-refractivity contribution in [1.29, 1.82) is 0 Å². The van der Waals surface area contributed by atoms with Crippen molar-refractivity contribution in [2.45, 2.75) is 19.8 Å². The molecule has 0 bridgehead atoms. The Labute approximate surface area is 174 Å². The van der Waals surface area contributed by atoms with Crippen molar-refractivity contribution in [1.82, 2.24) is 14.5 Å². The van der Waals surface area contributed by atoms with Gasteiger partial charge in [0.1, 0.15) is 5.82 Å². The second-order valence-electron chi connectivity index (χ2n) is 7.19. The fourth-order valence-corrected chi connectivity index (χ4v) is 3.54. The number of aryl methyl sites for hydroxylation is 1. The summed E-state index contributed by atoms with van der Waals surface area (Å²) in [6.45, 7) is 2.57. The third-order valence-electron chi connectivity index (χ3n) is 5.12. The zero-order valence-corrected chi connectivity index (χ0v) is 16.9. The van der Waals surface area contributed by atoms with Crippen molar-refractivity contribution in [3.05, 3.63) is 78.0 Å². The molecule has 0 aliphatic carbocycles. The van der Waals surface area contributed by atoms with Crippen LogP contribution in [0.3, 0.4) is 0 Å². The SMILES string of the molecule is COCCCC(=O)c1ccc2c(C)cn(-c3ncc(-c4ccccc4F)cn3)c2c1. The number of nitrogens with zero attached hydrogens (tertiary/aromatic N) is 3. The molecular formula is C24H22FN3O2. The maximum atomic E-state index is 14.0. The van der Waals surface area contributed by atoms with Crippen LogP contribution in [0.2, 0.25) is 0 Å². The van der Waals surface area contributed by atoms with E-state index in [1.807, 2.05) is 35.9 Å². The largest absolute Gasteiger partial charge is 0.385 e. The van der Waals surface area contributed by atoms with Crippen LogP contribution in [0.5, 0.6) is 0 Å². The fourth-order valence-electron chi connectivity index (χ4n) is 3.54. The lowest BCUT2D eigenvalue weighted by Gasteiger charge is -2.07. The molecular weight excluding hydrogens is 381 g/mol. The van der Waals surface area contributed by atoms with E-state index in [-0.39, 0.29) is 11.6 Å². The second kappa shape index (κ2) is 8.55. The highest BCUT2D eigenvalue weighted by atomic mass is 19.1. The van der Waals surface area contributed by atoms with Crippen LogP contribution in [-0.2, 0) is 4.74 Å². The number of aromatic nitrogens is 3. The third-order valence-corrected chi connectivity index (χ3v) is 5.12. The van der Waals surface area contributed by atoms with Gasteiger partial charge in [-0.1, -0.05) is 30.3 Å². The zero-order chi connectivity index (χ0) is 21.1. The monoisotopic (exact) mass is 403 g/mol. The molecule has 0 radical (unpaired) electrons. The Hall–Kier alpha value is -3.38. The minimum Gasteiger partial charge on any atom is -0.385 e. The number of carbonyl (C=O) groups is 1. The van der Waals surface area contributed by atoms with Gasteiger partial charge >= 0.3 is 0 Å². The molecule has 0 aliphatic rings. The Kier molecular flexibility index (Phi) is 5.68. The molecule has 0 saturated heterocycles. The molecule has 2 aromatic heterocycles. The maximum Gasteiger partial charge on any atom is 0.234 e. The Morgan fingerprint density at radius 1 is 1.13 bits per heavy atom. The van der Waals surface area contributed by atoms with Gasteiger partial charge in [0.05, 0.1) is 5.52 Å². The van der Waals surface area contributed by atoms with E-state index in [1.165, 1.54) is 6.07 Å². The fraction of sp³-hybridized carbons (Fsp3) is 0.208. The van der Waals surface area contributed by atoms with E-state index in [9.17, 15) is 9.18 Å². The number of Topliss-reactive ketones (excluding diaryl/α,β-unsaturated/α-hetero) is 1. The number of ketones is 1. The molecule has 0 fully saturated rings. The van der Waals surface area contributed by atoms with Crippen LogP contribution < -0.4 is 0 Å². The zero-order valence-electron chi connectivity index (χ0n) is 16.9. The first-order valence-corrected chi connectivity index (χ1v) is 9.79. The number of ether oxygens (including phenoxy) is 1. The van der Waals surface area contributed by atoms with Crippen LogP contribution in [0, 0.1) is 12.7 Å². The average molecular weight is 403 g/mol. The van der Waals surface area contributed by atoms with Crippen molar-refractivity contribution >= 4 is 16.7 Å². The van der Waals surface area contributed by atoms with Crippen LogP contribution >= 0.6 is 0 Å². The van der Waals surface area contributed by atoms with Gasteiger partial charge in [0.15, 0.2) is 5.78 Å². The second-order valence-corrected chi connectivity index (χ2v) is 7.19. The number of fused-ring (bicyclic) bond motifs is 1. The molecule has 0 amide bonds. The van der Waals surface area contributed by atoms with Crippen molar-refractivity contribution in [3.63, 3.8) is 0 Å². The highest BCUT2D eigenvalue weighted by Crippen LogP contribution is 2.26. The summed E-state index contributed by atoms with van der Waals surface area (Å²) >= 11 is 0. The lowest BCUT2D eigenvalue weighted by molar-refractivity contribution is 0.0963. The topological polar surface area (TPSA) is 57.0 Å². The number of halogens is 1. The predicted octanol–water partition coefficient (Wildman–Crippen LogP) is 5.14. The van der Waals surface area contributed by atoms with Crippen molar-refractivity contribution in [2.75, 3.05) is 13.7 Å². The van der Waals surface area contributed by atoms with Gasteiger partial charge < -0.3 is 4.74 Å². The van der Waals surface area contributed by atoms with Crippen LogP contribution in [-0.4, -0.2) is 34.0 Å². The summed E-state index contributed by atoms with van der Waals surface area (Å²) in [5.74, 6) is 0.236. The molecule has 6 heteroatoms. The van der Waals surface area contributed by atoms with E-state index in [1.54, 1.807) is 37.7 Å². The van der Waals surface area contributed by atoms with Crippen molar-refractivity contribution in [2.24, 2.45) is 0 Å². The van der Waals surface area contributed by atoms with Crippen LogP contribution in [0.25, 0.3) is 28.0 Å². The number of methoxy groups -OCH3 is 1. The molecule has 30 heavy (non-hydrogen) atoms. The standard InChI is InChI=1S/C24H22FN3O2/c1-16-15-28(22-12-17(9-10-19(16)22)23(29)8-5-11-30-2)24-26-13-18(14-27-24)20-6-3-4-7-21(20)25/h3-4,6-7,9-10,12-15H,5,8,11H2,1-2H3. The lowest BCUT2D eigenvalue weighted by Crippen LogP contribution is -2.03. The Morgan fingerprint density at radius 3 is 2.63 bits per heavy atom. The number of hydrogen-bond acceptors (Lipinski definition) is 4. The molecule has 0 saturated carbocycles. The van der Waals surface area contributed by atoms with E-state index in [2.05, 4.69) is 9.97 Å². The van der Waals surface area contributed by atoms with E-state index < -0.39 is 0 Å². The summed E-state index contributed by atoms with van der Waals surface area (Å²) in [5, 5.41) is 1.03.